The van der Waals surface area contributed by atoms with Crippen LogP contribution in [0.25, 0.3) is 0 Å². The first kappa shape index (κ1) is 14.0. The van der Waals surface area contributed by atoms with Crippen LogP contribution in [0.4, 0.5) is 13.2 Å². The van der Waals surface area contributed by atoms with Gasteiger partial charge in [0.15, 0.2) is 6.61 Å². The standard InChI is InChI=1S/C12H16F3NO/c1-9(2)11(10-6-4-3-5-7-10)16-17-8-12(13,14)15/h3-7,9,11,16H,8H2,1-2H3. The van der Waals surface area contributed by atoms with E-state index in [2.05, 4.69) is 10.3 Å². The van der Waals surface area contributed by atoms with Crippen molar-refractivity contribution in [3.05, 3.63) is 35.9 Å². The van der Waals surface area contributed by atoms with Gasteiger partial charge in [-0.15, -0.1) is 0 Å². The van der Waals surface area contributed by atoms with Crippen molar-refractivity contribution in [3.63, 3.8) is 0 Å². The molecule has 1 aromatic carbocycles. The summed E-state index contributed by atoms with van der Waals surface area (Å²) in [5.41, 5.74) is 3.38. The zero-order valence-corrected chi connectivity index (χ0v) is 9.79. The fourth-order valence-electron chi connectivity index (χ4n) is 1.46. The van der Waals surface area contributed by atoms with Gasteiger partial charge in [-0.2, -0.15) is 18.7 Å². The van der Waals surface area contributed by atoms with Crippen molar-refractivity contribution in [1.82, 2.24) is 5.48 Å². The molecule has 2 nitrogen and oxygen atoms in total. The number of alkyl halides is 3. The molecule has 17 heavy (non-hydrogen) atoms. The molecular weight excluding hydrogens is 231 g/mol. The Labute approximate surface area is 98.7 Å². The smallest absolute Gasteiger partial charge is 0.292 e. The zero-order chi connectivity index (χ0) is 12.9. The summed E-state index contributed by atoms with van der Waals surface area (Å²) in [5, 5.41) is 0. The van der Waals surface area contributed by atoms with E-state index in [1.54, 1.807) is 0 Å². The van der Waals surface area contributed by atoms with Crippen LogP contribution in [-0.4, -0.2) is 12.8 Å². The highest BCUT2D eigenvalue weighted by Gasteiger charge is 2.28. The van der Waals surface area contributed by atoms with Crippen LogP contribution in [0.1, 0.15) is 25.5 Å². The van der Waals surface area contributed by atoms with Crippen molar-refractivity contribution < 1.29 is 18.0 Å². The minimum atomic E-state index is -4.31. The second-order valence-corrected chi connectivity index (χ2v) is 4.15. The van der Waals surface area contributed by atoms with Crippen molar-refractivity contribution in [2.24, 2.45) is 5.92 Å². The van der Waals surface area contributed by atoms with E-state index in [-0.39, 0.29) is 12.0 Å². The van der Waals surface area contributed by atoms with Gasteiger partial charge in [0.2, 0.25) is 0 Å². The molecule has 96 valence electrons. The van der Waals surface area contributed by atoms with Crippen LogP contribution in [-0.2, 0) is 4.84 Å². The zero-order valence-electron chi connectivity index (χ0n) is 9.79. The summed E-state index contributed by atoms with van der Waals surface area (Å²) in [6.07, 6.45) is -4.31. The van der Waals surface area contributed by atoms with E-state index in [1.165, 1.54) is 0 Å². The Morgan fingerprint density at radius 1 is 1.18 bits per heavy atom. The van der Waals surface area contributed by atoms with Crippen molar-refractivity contribution >= 4 is 0 Å². The molecule has 0 spiro atoms. The number of benzene rings is 1. The van der Waals surface area contributed by atoms with Crippen LogP contribution in [0.2, 0.25) is 0 Å². The van der Waals surface area contributed by atoms with Gasteiger partial charge in [-0.1, -0.05) is 44.2 Å². The average Bonchev–Trinajstić information content (AvgIpc) is 2.23. The third-order valence-corrected chi connectivity index (χ3v) is 2.27. The highest BCUT2D eigenvalue weighted by atomic mass is 19.4. The van der Waals surface area contributed by atoms with Crippen LogP contribution >= 0.6 is 0 Å². The van der Waals surface area contributed by atoms with Gasteiger partial charge < -0.3 is 0 Å². The third-order valence-electron chi connectivity index (χ3n) is 2.27. The minimum absolute atomic E-state index is 0.130. The molecule has 0 fully saturated rings. The number of nitrogens with one attached hydrogen (secondary N) is 1. The van der Waals surface area contributed by atoms with Gasteiger partial charge in [-0.3, -0.25) is 4.84 Å². The lowest BCUT2D eigenvalue weighted by Crippen LogP contribution is -2.30. The molecule has 0 amide bonds. The molecule has 0 aliphatic carbocycles. The van der Waals surface area contributed by atoms with Crippen LogP contribution in [0.5, 0.6) is 0 Å². The predicted octanol–water partition coefficient (Wildman–Crippen LogP) is 3.47. The Balaban J connectivity index is 2.57. The van der Waals surface area contributed by atoms with Gasteiger partial charge in [-0.25, -0.2) is 0 Å². The van der Waals surface area contributed by atoms with E-state index < -0.39 is 12.8 Å². The molecule has 0 radical (unpaired) electrons. The summed E-state index contributed by atoms with van der Waals surface area (Å²) >= 11 is 0. The Bertz CT molecular complexity index is 324. The first-order chi connectivity index (χ1) is 7.90. The molecule has 1 atom stereocenters. The normalized spacial score (nSPS) is 14.0. The molecule has 0 saturated carbocycles. The maximum atomic E-state index is 11.9. The molecule has 1 N–H and O–H groups in total. The Kier molecular flexibility index (Phi) is 4.96. The summed E-state index contributed by atoms with van der Waals surface area (Å²) in [5.74, 6) is 0.130. The lowest BCUT2D eigenvalue weighted by molar-refractivity contribution is -0.194. The van der Waals surface area contributed by atoms with Crippen LogP contribution in [0.3, 0.4) is 0 Å². The predicted molar refractivity (Wildman–Crippen MR) is 59.2 cm³/mol. The molecular formula is C12H16F3NO. The number of hydrogen-bond acceptors (Lipinski definition) is 2. The van der Waals surface area contributed by atoms with Gasteiger partial charge in [-0.05, 0) is 11.5 Å². The maximum absolute atomic E-state index is 11.9. The Hall–Kier alpha value is -1.07. The van der Waals surface area contributed by atoms with Crippen LogP contribution in [0.15, 0.2) is 30.3 Å². The topological polar surface area (TPSA) is 21.3 Å². The van der Waals surface area contributed by atoms with E-state index in [0.29, 0.717) is 0 Å². The van der Waals surface area contributed by atoms with Crippen molar-refractivity contribution in [1.29, 1.82) is 0 Å². The Morgan fingerprint density at radius 3 is 2.24 bits per heavy atom. The molecule has 1 aromatic rings. The lowest BCUT2D eigenvalue weighted by Gasteiger charge is -2.22. The summed E-state index contributed by atoms with van der Waals surface area (Å²) in [6, 6.07) is 9.01. The molecule has 1 rings (SSSR count). The largest absolute Gasteiger partial charge is 0.413 e. The van der Waals surface area contributed by atoms with Crippen LogP contribution < -0.4 is 5.48 Å². The first-order valence-corrected chi connectivity index (χ1v) is 5.39. The van der Waals surface area contributed by atoms with Crippen LogP contribution in [0, 0.1) is 5.92 Å². The average molecular weight is 247 g/mol. The van der Waals surface area contributed by atoms with Gasteiger partial charge in [0.1, 0.15) is 0 Å². The molecule has 0 heterocycles. The fraction of sp³-hybridized carbons (Fsp3) is 0.500. The molecule has 0 aromatic heterocycles. The van der Waals surface area contributed by atoms with E-state index >= 15 is 0 Å². The third kappa shape index (κ3) is 5.19. The van der Waals surface area contributed by atoms with Crippen molar-refractivity contribution in [2.45, 2.75) is 26.1 Å². The molecule has 0 aliphatic rings. The monoisotopic (exact) mass is 247 g/mol. The van der Waals surface area contributed by atoms with E-state index in [4.69, 9.17) is 0 Å². The highest BCUT2D eigenvalue weighted by molar-refractivity contribution is 5.18. The summed E-state index contributed by atoms with van der Waals surface area (Å²) < 4.78 is 35.8. The van der Waals surface area contributed by atoms with Gasteiger partial charge in [0.05, 0.1) is 6.04 Å². The Morgan fingerprint density at radius 2 is 1.76 bits per heavy atom. The molecule has 0 bridgehead atoms. The number of hydrogen-bond donors (Lipinski definition) is 1. The van der Waals surface area contributed by atoms with Gasteiger partial charge in [0, 0.05) is 0 Å². The van der Waals surface area contributed by atoms with Crippen molar-refractivity contribution in [3.8, 4) is 0 Å². The minimum Gasteiger partial charge on any atom is -0.292 e. The molecule has 0 aliphatic heterocycles. The second kappa shape index (κ2) is 6.02. The number of hydroxylamine groups is 1. The van der Waals surface area contributed by atoms with E-state index in [0.717, 1.165) is 5.56 Å². The summed E-state index contributed by atoms with van der Waals surface area (Å²) in [7, 11) is 0. The van der Waals surface area contributed by atoms with E-state index in [9.17, 15) is 13.2 Å². The molecule has 0 saturated heterocycles. The SMILES string of the molecule is CC(C)C(NOCC(F)(F)F)c1ccccc1. The first-order valence-electron chi connectivity index (χ1n) is 5.39. The van der Waals surface area contributed by atoms with Gasteiger partial charge >= 0.3 is 6.18 Å². The molecule has 1 unspecified atom stereocenters. The summed E-state index contributed by atoms with van der Waals surface area (Å²) in [6.45, 7) is 2.55. The number of rotatable bonds is 5. The maximum Gasteiger partial charge on any atom is 0.413 e. The summed E-state index contributed by atoms with van der Waals surface area (Å²) in [4.78, 5) is 4.50. The lowest BCUT2D eigenvalue weighted by atomic mass is 9.97. The highest BCUT2D eigenvalue weighted by Crippen LogP contribution is 2.22. The van der Waals surface area contributed by atoms with Gasteiger partial charge in [0.25, 0.3) is 0 Å². The quantitative estimate of drug-likeness (QED) is 0.804. The number of halogens is 3. The fourth-order valence-corrected chi connectivity index (χ4v) is 1.46. The molecule has 5 heteroatoms. The van der Waals surface area contributed by atoms with E-state index in [1.807, 2.05) is 44.2 Å². The van der Waals surface area contributed by atoms with Crippen molar-refractivity contribution in [2.75, 3.05) is 6.61 Å². The second-order valence-electron chi connectivity index (χ2n) is 4.15.